The van der Waals surface area contributed by atoms with Gasteiger partial charge in [-0.2, -0.15) is 5.26 Å². The molecule has 1 aromatic carbocycles. The first-order chi connectivity index (χ1) is 9.61. The Kier molecular flexibility index (Phi) is 4.61. The van der Waals surface area contributed by atoms with Crippen molar-refractivity contribution in [3.8, 4) is 11.8 Å². The van der Waals surface area contributed by atoms with Crippen LogP contribution < -0.4 is 10.1 Å². The minimum Gasteiger partial charge on any atom is -0.490 e. The normalized spacial score (nSPS) is 17.3. The monoisotopic (exact) mass is 276 g/mol. The zero-order chi connectivity index (χ0) is 14.6. The van der Waals surface area contributed by atoms with Crippen molar-refractivity contribution in [2.45, 2.75) is 38.6 Å². The van der Waals surface area contributed by atoms with Crippen molar-refractivity contribution in [1.29, 1.82) is 5.26 Å². The van der Waals surface area contributed by atoms with E-state index in [-0.39, 0.29) is 12.4 Å². The molecule has 2 rings (SSSR count). The number of ether oxygens (including phenoxy) is 1. The average molecular weight is 276 g/mol. The molecule has 1 N–H and O–H groups in total. The average Bonchev–Trinajstić information content (AvgIpc) is 3.28. The maximum atomic E-state index is 13.5. The minimum absolute atomic E-state index is 0.261. The van der Waals surface area contributed by atoms with Crippen LogP contribution in [0.25, 0.3) is 0 Å². The van der Waals surface area contributed by atoms with Crippen molar-refractivity contribution < 1.29 is 9.13 Å². The van der Waals surface area contributed by atoms with Gasteiger partial charge in [0, 0.05) is 6.07 Å². The standard InChI is InChI=1S/C16H21FN2O/c1-3-8-19-16(10-18,13-5-6-13)11-20-14-7-4-12(2)15(17)9-14/h4,7,9,13,19H,3,5-6,8,11H2,1-2H3. The molecule has 108 valence electrons. The van der Waals surface area contributed by atoms with Gasteiger partial charge in [0.05, 0.1) is 6.07 Å². The molecule has 0 aliphatic heterocycles. The molecule has 0 amide bonds. The third-order valence-corrected chi connectivity index (χ3v) is 3.77. The smallest absolute Gasteiger partial charge is 0.143 e. The Hall–Kier alpha value is -1.60. The molecular weight excluding hydrogens is 255 g/mol. The van der Waals surface area contributed by atoms with Crippen molar-refractivity contribution in [3.05, 3.63) is 29.6 Å². The molecule has 4 heteroatoms. The van der Waals surface area contributed by atoms with Crippen LogP contribution in [0.2, 0.25) is 0 Å². The Morgan fingerprint density at radius 2 is 2.25 bits per heavy atom. The molecule has 20 heavy (non-hydrogen) atoms. The van der Waals surface area contributed by atoms with E-state index in [4.69, 9.17) is 4.74 Å². The molecule has 1 atom stereocenters. The van der Waals surface area contributed by atoms with Crippen LogP contribution in [-0.4, -0.2) is 18.7 Å². The second kappa shape index (κ2) is 6.23. The van der Waals surface area contributed by atoms with Gasteiger partial charge in [0.25, 0.3) is 0 Å². The first-order valence-electron chi connectivity index (χ1n) is 7.16. The lowest BCUT2D eigenvalue weighted by Gasteiger charge is -2.28. The molecule has 0 spiro atoms. The molecule has 0 bridgehead atoms. The Balaban J connectivity index is 2.04. The summed E-state index contributed by atoms with van der Waals surface area (Å²) in [6.07, 6.45) is 3.07. The highest BCUT2D eigenvalue weighted by Gasteiger charge is 2.46. The highest BCUT2D eigenvalue weighted by Crippen LogP contribution is 2.39. The van der Waals surface area contributed by atoms with Gasteiger partial charge in [-0.05, 0) is 50.3 Å². The van der Waals surface area contributed by atoms with Crippen LogP contribution in [0.4, 0.5) is 4.39 Å². The number of aryl methyl sites for hydroxylation is 1. The summed E-state index contributed by atoms with van der Waals surface area (Å²) in [4.78, 5) is 0. The van der Waals surface area contributed by atoms with E-state index in [1.165, 1.54) is 6.07 Å². The van der Waals surface area contributed by atoms with Gasteiger partial charge in [-0.25, -0.2) is 4.39 Å². The van der Waals surface area contributed by atoms with Crippen molar-refractivity contribution in [2.75, 3.05) is 13.2 Å². The quantitative estimate of drug-likeness (QED) is 0.832. The SMILES string of the molecule is CCCNC(C#N)(COc1ccc(C)c(F)c1)C1CC1. The van der Waals surface area contributed by atoms with Crippen molar-refractivity contribution >= 4 is 0 Å². The Labute approximate surface area is 119 Å². The van der Waals surface area contributed by atoms with E-state index in [0.717, 1.165) is 25.8 Å². The van der Waals surface area contributed by atoms with Gasteiger partial charge >= 0.3 is 0 Å². The van der Waals surface area contributed by atoms with Gasteiger partial charge < -0.3 is 4.74 Å². The van der Waals surface area contributed by atoms with Crippen LogP contribution >= 0.6 is 0 Å². The Bertz CT molecular complexity index is 508. The van der Waals surface area contributed by atoms with Crippen molar-refractivity contribution in [2.24, 2.45) is 5.92 Å². The summed E-state index contributed by atoms with van der Waals surface area (Å²) < 4.78 is 19.2. The zero-order valence-electron chi connectivity index (χ0n) is 12.1. The van der Waals surface area contributed by atoms with E-state index in [2.05, 4.69) is 18.3 Å². The third-order valence-electron chi connectivity index (χ3n) is 3.77. The predicted molar refractivity (Wildman–Crippen MR) is 76.0 cm³/mol. The second-order valence-electron chi connectivity index (χ2n) is 5.48. The van der Waals surface area contributed by atoms with E-state index in [1.54, 1.807) is 19.1 Å². The maximum absolute atomic E-state index is 13.5. The van der Waals surface area contributed by atoms with Crippen LogP contribution in [0.3, 0.4) is 0 Å². The van der Waals surface area contributed by atoms with Crippen LogP contribution in [0, 0.1) is 30.0 Å². The molecule has 1 fully saturated rings. The number of hydrogen-bond donors (Lipinski definition) is 1. The summed E-state index contributed by atoms with van der Waals surface area (Å²) in [5, 5.41) is 12.8. The van der Waals surface area contributed by atoms with Gasteiger partial charge in [-0.3, -0.25) is 5.32 Å². The Morgan fingerprint density at radius 3 is 2.80 bits per heavy atom. The van der Waals surface area contributed by atoms with Crippen LogP contribution in [-0.2, 0) is 0 Å². The summed E-state index contributed by atoms with van der Waals surface area (Å²) in [5.41, 5.74) is -0.0487. The highest BCUT2D eigenvalue weighted by atomic mass is 19.1. The fraction of sp³-hybridized carbons (Fsp3) is 0.562. The minimum atomic E-state index is -0.641. The molecule has 0 radical (unpaired) electrons. The summed E-state index contributed by atoms with van der Waals surface area (Å²) in [6, 6.07) is 7.19. The van der Waals surface area contributed by atoms with Gasteiger partial charge in [-0.15, -0.1) is 0 Å². The van der Waals surface area contributed by atoms with Gasteiger partial charge in [0.15, 0.2) is 0 Å². The largest absolute Gasteiger partial charge is 0.490 e. The van der Waals surface area contributed by atoms with E-state index in [9.17, 15) is 9.65 Å². The highest BCUT2D eigenvalue weighted by molar-refractivity contribution is 5.28. The fourth-order valence-electron chi connectivity index (χ4n) is 2.26. The van der Waals surface area contributed by atoms with Crippen molar-refractivity contribution in [1.82, 2.24) is 5.32 Å². The second-order valence-corrected chi connectivity index (χ2v) is 5.48. The molecule has 1 aliphatic carbocycles. The third kappa shape index (κ3) is 3.29. The topological polar surface area (TPSA) is 45.0 Å². The molecule has 1 saturated carbocycles. The zero-order valence-corrected chi connectivity index (χ0v) is 12.1. The lowest BCUT2D eigenvalue weighted by atomic mass is 9.96. The predicted octanol–water partition coefficient (Wildman–Crippen LogP) is 3.18. The lowest BCUT2D eigenvalue weighted by molar-refractivity contribution is 0.202. The molecule has 1 unspecified atom stereocenters. The molecule has 0 aromatic heterocycles. The number of nitriles is 1. The lowest BCUT2D eigenvalue weighted by Crippen LogP contribution is -2.51. The molecule has 3 nitrogen and oxygen atoms in total. The number of rotatable bonds is 7. The number of halogens is 1. The Morgan fingerprint density at radius 1 is 1.50 bits per heavy atom. The number of hydrogen-bond acceptors (Lipinski definition) is 3. The fourth-order valence-corrected chi connectivity index (χ4v) is 2.26. The first-order valence-corrected chi connectivity index (χ1v) is 7.16. The van der Waals surface area contributed by atoms with E-state index in [0.29, 0.717) is 17.2 Å². The van der Waals surface area contributed by atoms with Crippen LogP contribution in [0.1, 0.15) is 31.7 Å². The summed E-state index contributed by atoms with van der Waals surface area (Å²) in [6.45, 7) is 4.83. The van der Waals surface area contributed by atoms with E-state index in [1.807, 2.05) is 0 Å². The van der Waals surface area contributed by atoms with E-state index < -0.39 is 5.54 Å². The van der Waals surface area contributed by atoms with Crippen LogP contribution in [0.15, 0.2) is 18.2 Å². The molecule has 0 heterocycles. The number of benzene rings is 1. The molecular formula is C16H21FN2O. The van der Waals surface area contributed by atoms with Gasteiger partial charge in [0.1, 0.15) is 23.7 Å². The number of nitrogens with zero attached hydrogens (tertiary/aromatic N) is 1. The number of nitrogens with one attached hydrogen (secondary N) is 1. The van der Waals surface area contributed by atoms with E-state index >= 15 is 0 Å². The van der Waals surface area contributed by atoms with Gasteiger partial charge in [0.2, 0.25) is 0 Å². The summed E-state index contributed by atoms with van der Waals surface area (Å²) >= 11 is 0. The maximum Gasteiger partial charge on any atom is 0.143 e. The summed E-state index contributed by atoms with van der Waals surface area (Å²) in [7, 11) is 0. The molecule has 0 saturated heterocycles. The van der Waals surface area contributed by atoms with Crippen molar-refractivity contribution in [3.63, 3.8) is 0 Å². The van der Waals surface area contributed by atoms with Crippen LogP contribution in [0.5, 0.6) is 5.75 Å². The molecule has 1 aliphatic rings. The molecule has 1 aromatic rings. The first kappa shape index (κ1) is 14.8. The van der Waals surface area contributed by atoms with Gasteiger partial charge in [-0.1, -0.05) is 13.0 Å². The summed E-state index contributed by atoms with van der Waals surface area (Å²) in [5.74, 6) is 0.541.